The predicted molar refractivity (Wildman–Crippen MR) is 107 cm³/mol. The maximum absolute atomic E-state index is 15.0. The minimum Gasteiger partial charge on any atom is -0.477 e. The molecule has 2 atom stereocenters. The molecule has 1 saturated heterocycles. The second-order valence-electron chi connectivity index (χ2n) is 8.34. The van der Waals surface area contributed by atoms with Crippen LogP contribution in [0, 0.1) is 11.7 Å². The maximum Gasteiger partial charge on any atom is 0.341 e. The van der Waals surface area contributed by atoms with Crippen LogP contribution in [0.1, 0.15) is 42.6 Å². The van der Waals surface area contributed by atoms with Crippen LogP contribution in [0.2, 0.25) is 0 Å². The number of anilines is 1. The number of nitrogens with zero attached hydrogens (tertiary/aromatic N) is 3. The molecule has 28 heavy (non-hydrogen) atoms. The topological polar surface area (TPSA) is 65.8 Å². The molecule has 7 heteroatoms. The number of carboxylic acids is 1. The zero-order valence-electron chi connectivity index (χ0n) is 16.5. The molecule has 4 rings (SSSR count). The number of carboxylic acid groups (broad SMARTS) is 1. The highest BCUT2D eigenvalue weighted by Gasteiger charge is 2.31. The van der Waals surface area contributed by atoms with Gasteiger partial charge in [0.15, 0.2) is 0 Å². The fraction of sp³-hybridized carbons (Fsp3) is 0.524. The van der Waals surface area contributed by atoms with Gasteiger partial charge in [-0.1, -0.05) is 0 Å². The van der Waals surface area contributed by atoms with E-state index >= 15 is 0 Å². The molecule has 1 aliphatic carbocycles. The van der Waals surface area contributed by atoms with Crippen molar-refractivity contribution in [3.05, 3.63) is 39.9 Å². The van der Waals surface area contributed by atoms with Gasteiger partial charge in [0.2, 0.25) is 5.43 Å². The fourth-order valence-electron chi connectivity index (χ4n) is 4.23. The Kier molecular flexibility index (Phi) is 4.65. The van der Waals surface area contributed by atoms with Crippen LogP contribution in [0.3, 0.4) is 0 Å². The molecule has 2 heterocycles. The molecular weight excluding hydrogens is 361 g/mol. The van der Waals surface area contributed by atoms with Crippen molar-refractivity contribution in [1.29, 1.82) is 0 Å². The number of carbonyl (C=O) groups is 1. The predicted octanol–water partition coefficient (Wildman–Crippen LogP) is 2.95. The molecule has 0 unspecified atom stereocenters. The summed E-state index contributed by atoms with van der Waals surface area (Å²) in [5.74, 6) is -1.29. The standard InChI is InChI=1S/C21H26FN3O3/c1-12(23(2)3)13-6-7-24(10-13)19-9-18-15(8-17(19)22)20(26)16(21(27)28)11-25(18)14-4-5-14/h8-9,11-14H,4-7,10H2,1-3H3,(H,27,28)/t12-,13-/m1/s1. The Morgan fingerprint density at radius 3 is 2.61 bits per heavy atom. The summed E-state index contributed by atoms with van der Waals surface area (Å²) in [5, 5.41) is 9.50. The van der Waals surface area contributed by atoms with E-state index in [2.05, 4.69) is 25.9 Å². The van der Waals surface area contributed by atoms with Gasteiger partial charge in [0.25, 0.3) is 0 Å². The third-order valence-corrected chi connectivity index (χ3v) is 6.33. The second-order valence-corrected chi connectivity index (χ2v) is 8.34. The van der Waals surface area contributed by atoms with E-state index in [0.29, 0.717) is 23.2 Å². The van der Waals surface area contributed by atoms with E-state index in [1.807, 2.05) is 9.47 Å². The first-order chi connectivity index (χ1) is 13.3. The van der Waals surface area contributed by atoms with Crippen molar-refractivity contribution in [3.63, 3.8) is 0 Å². The monoisotopic (exact) mass is 387 g/mol. The molecule has 0 spiro atoms. The first-order valence-corrected chi connectivity index (χ1v) is 9.81. The van der Waals surface area contributed by atoms with Crippen molar-refractivity contribution >= 4 is 22.6 Å². The lowest BCUT2D eigenvalue weighted by atomic mass is 10.00. The molecule has 1 N–H and O–H groups in total. The Labute approximate surface area is 163 Å². The molecule has 1 aromatic heterocycles. The van der Waals surface area contributed by atoms with Crippen molar-refractivity contribution in [1.82, 2.24) is 9.47 Å². The lowest BCUT2D eigenvalue weighted by Crippen LogP contribution is -2.34. The summed E-state index contributed by atoms with van der Waals surface area (Å²) in [6.45, 7) is 3.72. The third-order valence-electron chi connectivity index (χ3n) is 6.33. The van der Waals surface area contributed by atoms with Crippen LogP contribution in [-0.2, 0) is 0 Å². The van der Waals surface area contributed by atoms with Crippen molar-refractivity contribution in [3.8, 4) is 0 Å². The Morgan fingerprint density at radius 2 is 2.00 bits per heavy atom. The second kappa shape index (κ2) is 6.88. The number of rotatable bonds is 5. The number of hydrogen-bond acceptors (Lipinski definition) is 4. The van der Waals surface area contributed by atoms with Gasteiger partial charge in [0, 0.05) is 36.8 Å². The minimum atomic E-state index is -1.27. The molecule has 0 amide bonds. The molecule has 2 aliphatic rings. The van der Waals surface area contributed by atoms with Crippen LogP contribution in [0.5, 0.6) is 0 Å². The summed E-state index contributed by atoms with van der Waals surface area (Å²) < 4.78 is 16.8. The van der Waals surface area contributed by atoms with Gasteiger partial charge in [-0.3, -0.25) is 4.79 Å². The number of aromatic carboxylic acids is 1. The third kappa shape index (κ3) is 3.17. The molecule has 1 aromatic carbocycles. The number of hydrogen-bond donors (Lipinski definition) is 1. The zero-order valence-corrected chi connectivity index (χ0v) is 16.5. The highest BCUT2D eigenvalue weighted by atomic mass is 19.1. The van der Waals surface area contributed by atoms with E-state index in [4.69, 9.17) is 0 Å². The highest BCUT2D eigenvalue weighted by molar-refractivity contribution is 5.93. The number of halogens is 1. The van der Waals surface area contributed by atoms with Gasteiger partial charge in [-0.05, 0) is 58.3 Å². The molecular formula is C21H26FN3O3. The van der Waals surface area contributed by atoms with Crippen LogP contribution in [-0.4, -0.2) is 53.8 Å². The van der Waals surface area contributed by atoms with Crippen LogP contribution in [0.4, 0.5) is 10.1 Å². The van der Waals surface area contributed by atoms with Crippen LogP contribution in [0.15, 0.2) is 23.1 Å². The van der Waals surface area contributed by atoms with Gasteiger partial charge in [0.1, 0.15) is 11.4 Å². The van der Waals surface area contributed by atoms with Crippen LogP contribution in [0.25, 0.3) is 10.9 Å². The van der Waals surface area contributed by atoms with E-state index in [1.54, 1.807) is 6.07 Å². The highest BCUT2D eigenvalue weighted by Crippen LogP contribution is 2.38. The molecule has 150 valence electrons. The number of aromatic nitrogens is 1. The van der Waals surface area contributed by atoms with Gasteiger partial charge in [-0.15, -0.1) is 0 Å². The van der Waals surface area contributed by atoms with Gasteiger partial charge >= 0.3 is 5.97 Å². The van der Waals surface area contributed by atoms with Crippen LogP contribution >= 0.6 is 0 Å². The smallest absolute Gasteiger partial charge is 0.341 e. The van der Waals surface area contributed by atoms with E-state index in [0.717, 1.165) is 32.4 Å². The van der Waals surface area contributed by atoms with E-state index < -0.39 is 17.2 Å². The average Bonchev–Trinajstić information content (AvgIpc) is 3.37. The minimum absolute atomic E-state index is 0.144. The molecule has 2 aromatic rings. The normalized spacial score (nSPS) is 20.9. The van der Waals surface area contributed by atoms with E-state index in [-0.39, 0.29) is 17.0 Å². The Balaban J connectivity index is 1.78. The van der Waals surface area contributed by atoms with E-state index in [1.165, 1.54) is 12.3 Å². The molecule has 6 nitrogen and oxygen atoms in total. The average molecular weight is 387 g/mol. The molecule has 0 radical (unpaired) electrons. The number of benzene rings is 1. The van der Waals surface area contributed by atoms with Crippen molar-refractivity contribution in [2.45, 2.75) is 38.3 Å². The van der Waals surface area contributed by atoms with Crippen molar-refractivity contribution in [2.24, 2.45) is 5.92 Å². The Morgan fingerprint density at radius 1 is 1.29 bits per heavy atom. The number of pyridine rings is 1. The molecule has 1 saturated carbocycles. The maximum atomic E-state index is 15.0. The van der Waals surface area contributed by atoms with Gasteiger partial charge in [0.05, 0.1) is 11.2 Å². The quantitative estimate of drug-likeness (QED) is 0.855. The summed E-state index contributed by atoms with van der Waals surface area (Å²) in [4.78, 5) is 28.3. The largest absolute Gasteiger partial charge is 0.477 e. The summed E-state index contributed by atoms with van der Waals surface area (Å²) >= 11 is 0. The molecule has 2 fully saturated rings. The van der Waals surface area contributed by atoms with Gasteiger partial charge in [-0.2, -0.15) is 0 Å². The zero-order chi connectivity index (χ0) is 20.2. The van der Waals surface area contributed by atoms with E-state index in [9.17, 15) is 19.1 Å². The summed E-state index contributed by atoms with van der Waals surface area (Å²) in [7, 11) is 4.11. The summed E-state index contributed by atoms with van der Waals surface area (Å²) in [6, 6.07) is 3.54. The van der Waals surface area contributed by atoms with Crippen LogP contribution < -0.4 is 10.3 Å². The molecule has 0 bridgehead atoms. The summed E-state index contributed by atoms with van der Waals surface area (Å²) in [6.07, 6.45) is 4.29. The van der Waals surface area contributed by atoms with Crippen molar-refractivity contribution < 1.29 is 14.3 Å². The SMILES string of the molecule is C[C@H]([C@@H]1CCN(c2cc3c(cc2F)c(=O)c(C(=O)O)cn3C2CC2)C1)N(C)C. The lowest BCUT2D eigenvalue weighted by Gasteiger charge is -2.27. The summed E-state index contributed by atoms with van der Waals surface area (Å²) in [5.41, 5.74) is 0.203. The first-order valence-electron chi connectivity index (χ1n) is 9.81. The fourth-order valence-corrected chi connectivity index (χ4v) is 4.23. The lowest BCUT2D eigenvalue weighted by molar-refractivity contribution is 0.0695. The number of fused-ring (bicyclic) bond motifs is 1. The van der Waals surface area contributed by atoms with Crippen molar-refractivity contribution in [2.75, 3.05) is 32.1 Å². The van der Waals surface area contributed by atoms with Gasteiger partial charge in [-0.25, -0.2) is 9.18 Å². The van der Waals surface area contributed by atoms with Gasteiger partial charge < -0.3 is 19.5 Å². The Hall–Kier alpha value is -2.41. The first kappa shape index (κ1) is 18.9. The Bertz CT molecular complexity index is 997. The molecule has 1 aliphatic heterocycles.